The van der Waals surface area contributed by atoms with Crippen LogP contribution in [0.25, 0.3) is 16.9 Å². The molecule has 0 aliphatic rings. The molecule has 2 heterocycles. The van der Waals surface area contributed by atoms with Gasteiger partial charge in [0, 0.05) is 22.9 Å². The highest BCUT2D eigenvalue weighted by molar-refractivity contribution is 6.30. The van der Waals surface area contributed by atoms with Crippen LogP contribution in [0.5, 0.6) is 0 Å². The van der Waals surface area contributed by atoms with E-state index in [9.17, 15) is 9.90 Å². The Labute approximate surface area is 144 Å². The van der Waals surface area contributed by atoms with Crippen molar-refractivity contribution in [3.8, 4) is 11.3 Å². The number of halogens is 1. The van der Waals surface area contributed by atoms with E-state index in [-0.39, 0.29) is 0 Å². The number of hydrogen-bond acceptors (Lipinski definition) is 3. The highest BCUT2D eigenvalue weighted by atomic mass is 35.5. The molecule has 1 N–H and O–H groups in total. The third-order valence-electron chi connectivity index (χ3n) is 4.06. The molecule has 0 fully saturated rings. The van der Waals surface area contributed by atoms with Crippen LogP contribution in [0.2, 0.25) is 5.15 Å². The van der Waals surface area contributed by atoms with Gasteiger partial charge in [-0.3, -0.25) is 4.79 Å². The quantitative estimate of drug-likeness (QED) is 0.700. The average molecular weight is 344 g/mol. The molecule has 0 radical (unpaired) electrons. The summed E-state index contributed by atoms with van der Waals surface area (Å²) in [5, 5.41) is 14.4. The topological polar surface area (TPSA) is 67.5 Å². The second-order valence-corrected chi connectivity index (χ2v) is 6.10. The molecule has 6 heteroatoms. The van der Waals surface area contributed by atoms with E-state index in [4.69, 9.17) is 11.6 Å². The van der Waals surface area contributed by atoms with Gasteiger partial charge in [0.2, 0.25) is 0 Å². The second kappa shape index (κ2) is 6.61. The maximum Gasteiger partial charge on any atom is 0.311 e. The number of carboxylic acids is 1. The zero-order valence-electron chi connectivity index (χ0n) is 13.5. The maximum absolute atomic E-state index is 11.6. The smallest absolute Gasteiger partial charge is 0.311 e. The maximum atomic E-state index is 11.6. The van der Waals surface area contributed by atoms with Crippen molar-refractivity contribution in [2.45, 2.75) is 32.6 Å². The monoisotopic (exact) mass is 343 g/mol. The first-order chi connectivity index (χ1) is 11.5. The molecule has 1 aromatic carbocycles. The Morgan fingerprint density at radius 2 is 2.04 bits per heavy atom. The molecule has 2 aromatic heterocycles. The van der Waals surface area contributed by atoms with Crippen molar-refractivity contribution in [1.82, 2.24) is 14.6 Å². The molecule has 0 amide bonds. The third-order valence-corrected chi connectivity index (χ3v) is 4.43. The predicted octanol–water partition coefficient (Wildman–Crippen LogP) is 4.33. The van der Waals surface area contributed by atoms with Crippen LogP contribution < -0.4 is 0 Å². The molecule has 0 aliphatic heterocycles. The molecule has 0 saturated carbocycles. The standard InChI is InChI=1S/C18H18ClN3O2/c1-3-7-13(18(23)24)16-11(2)20-15-10-14(21-22(15)17(16)19)12-8-5-4-6-9-12/h4-6,8-10,13H,3,7H2,1-2H3,(H,23,24). The van der Waals surface area contributed by atoms with Crippen molar-refractivity contribution in [1.29, 1.82) is 0 Å². The van der Waals surface area contributed by atoms with Gasteiger partial charge in [0.15, 0.2) is 5.65 Å². The van der Waals surface area contributed by atoms with Crippen molar-refractivity contribution in [2.24, 2.45) is 0 Å². The Bertz CT molecular complexity index is 890. The first-order valence-electron chi connectivity index (χ1n) is 7.87. The molecular formula is C18H18ClN3O2. The minimum atomic E-state index is -0.890. The number of benzene rings is 1. The van der Waals surface area contributed by atoms with Crippen molar-refractivity contribution in [3.05, 3.63) is 52.8 Å². The molecule has 124 valence electrons. The normalized spacial score (nSPS) is 12.5. The highest BCUT2D eigenvalue weighted by Crippen LogP contribution is 2.32. The lowest BCUT2D eigenvalue weighted by Gasteiger charge is -2.16. The van der Waals surface area contributed by atoms with Gasteiger partial charge in [0.25, 0.3) is 0 Å². The number of nitrogens with zero attached hydrogens (tertiary/aromatic N) is 3. The molecular weight excluding hydrogens is 326 g/mol. The van der Waals surface area contributed by atoms with E-state index >= 15 is 0 Å². The zero-order valence-corrected chi connectivity index (χ0v) is 14.3. The van der Waals surface area contributed by atoms with Crippen LogP contribution in [-0.4, -0.2) is 25.7 Å². The van der Waals surface area contributed by atoms with Gasteiger partial charge in [-0.15, -0.1) is 0 Å². The van der Waals surface area contributed by atoms with Gasteiger partial charge in [0.1, 0.15) is 5.15 Å². The van der Waals surface area contributed by atoms with Crippen LogP contribution in [0.3, 0.4) is 0 Å². The Kier molecular flexibility index (Phi) is 4.53. The van der Waals surface area contributed by atoms with Gasteiger partial charge in [-0.1, -0.05) is 55.3 Å². The fourth-order valence-electron chi connectivity index (χ4n) is 2.92. The molecule has 0 saturated heterocycles. The van der Waals surface area contributed by atoms with E-state index in [1.54, 1.807) is 6.92 Å². The molecule has 0 aliphatic carbocycles. The van der Waals surface area contributed by atoms with Crippen LogP contribution in [0.4, 0.5) is 0 Å². The number of carboxylic acid groups (broad SMARTS) is 1. The van der Waals surface area contributed by atoms with Crippen molar-refractivity contribution in [3.63, 3.8) is 0 Å². The summed E-state index contributed by atoms with van der Waals surface area (Å²) in [7, 11) is 0. The fraction of sp³-hybridized carbons (Fsp3) is 0.278. The van der Waals surface area contributed by atoms with Crippen LogP contribution in [-0.2, 0) is 4.79 Å². The predicted molar refractivity (Wildman–Crippen MR) is 93.5 cm³/mol. The molecule has 3 rings (SSSR count). The Morgan fingerprint density at radius 3 is 2.67 bits per heavy atom. The van der Waals surface area contributed by atoms with Gasteiger partial charge >= 0.3 is 5.97 Å². The van der Waals surface area contributed by atoms with E-state index < -0.39 is 11.9 Å². The van der Waals surface area contributed by atoms with Crippen molar-refractivity contribution in [2.75, 3.05) is 0 Å². The molecule has 5 nitrogen and oxygen atoms in total. The van der Waals surface area contributed by atoms with Gasteiger partial charge in [-0.05, 0) is 13.3 Å². The summed E-state index contributed by atoms with van der Waals surface area (Å²) in [6.07, 6.45) is 1.26. The number of aliphatic carboxylic acids is 1. The van der Waals surface area contributed by atoms with E-state index in [2.05, 4.69) is 10.1 Å². The Morgan fingerprint density at radius 1 is 1.33 bits per heavy atom. The lowest BCUT2D eigenvalue weighted by atomic mass is 9.94. The van der Waals surface area contributed by atoms with Crippen LogP contribution in [0.15, 0.2) is 36.4 Å². The van der Waals surface area contributed by atoms with Crippen LogP contribution in [0.1, 0.15) is 36.9 Å². The molecule has 3 aromatic rings. The Balaban J connectivity index is 2.18. The first-order valence-corrected chi connectivity index (χ1v) is 8.24. The highest BCUT2D eigenvalue weighted by Gasteiger charge is 2.26. The number of aryl methyl sites for hydroxylation is 1. The summed E-state index contributed by atoms with van der Waals surface area (Å²) in [6.45, 7) is 3.74. The summed E-state index contributed by atoms with van der Waals surface area (Å²) < 4.78 is 1.53. The minimum Gasteiger partial charge on any atom is -0.481 e. The third kappa shape index (κ3) is 2.87. The van der Waals surface area contributed by atoms with Gasteiger partial charge in [-0.2, -0.15) is 5.10 Å². The number of carbonyl (C=O) groups is 1. The SMILES string of the molecule is CCCC(C(=O)O)c1c(C)nc2cc(-c3ccccc3)nn2c1Cl. The molecule has 24 heavy (non-hydrogen) atoms. The Hall–Kier alpha value is -2.40. The number of hydrogen-bond donors (Lipinski definition) is 1. The van der Waals surface area contributed by atoms with Crippen molar-refractivity contribution < 1.29 is 9.90 Å². The lowest BCUT2D eigenvalue weighted by molar-refractivity contribution is -0.139. The number of rotatable bonds is 5. The molecule has 0 spiro atoms. The van der Waals surface area contributed by atoms with Crippen LogP contribution in [0, 0.1) is 6.92 Å². The minimum absolute atomic E-state index is 0.320. The second-order valence-electron chi connectivity index (χ2n) is 5.75. The summed E-state index contributed by atoms with van der Waals surface area (Å²) in [5.41, 5.74) is 3.50. The fourth-order valence-corrected chi connectivity index (χ4v) is 3.31. The van der Waals surface area contributed by atoms with Gasteiger partial charge < -0.3 is 5.11 Å². The molecule has 1 unspecified atom stereocenters. The summed E-state index contributed by atoms with van der Waals surface area (Å²) in [5.74, 6) is -1.57. The molecule has 0 bridgehead atoms. The van der Waals surface area contributed by atoms with Gasteiger partial charge in [-0.25, -0.2) is 9.50 Å². The van der Waals surface area contributed by atoms with E-state index in [1.807, 2.05) is 43.3 Å². The van der Waals surface area contributed by atoms with Crippen LogP contribution >= 0.6 is 11.6 Å². The van der Waals surface area contributed by atoms with E-state index in [0.29, 0.717) is 28.5 Å². The summed E-state index contributed by atoms with van der Waals surface area (Å²) >= 11 is 6.52. The lowest BCUT2D eigenvalue weighted by Crippen LogP contribution is -2.16. The summed E-state index contributed by atoms with van der Waals surface area (Å²) in [4.78, 5) is 16.2. The zero-order chi connectivity index (χ0) is 17.3. The van der Waals surface area contributed by atoms with Crippen molar-refractivity contribution >= 4 is 23.2 Å². The number of aromatic nitrogens is 3. The first kappa shape index (κ1) is 16.5. The average Bonchev–Trinajstić information content (AvgIpc) is 2.99. The number of fused-ring (bicyclic) bond motifs is 1. The van der Waals surface area contributed by atoms with E-state index in [1.165, 1.54) is 4.52 Å². The molecule has 1 atom stereocenters. The van der Waals surface area contributed by atoms with E-state index in [0.717, 1.165) is 17.7 Å². The van der Waals surface area contributed by atoms with Gasteiger partial charge in [0.05, 0.1) is 11.6 Å². The largest absolute Gasteiger partial charge is 0.481 e. The summed E-state index contributed by atoms with van der Waals surface area (Å²) in [6, 6.07) is 11.6.